The van der Waals surface area contributed by atoms with Crippen LogP contribution in [-0.4, -0.2) is 35.3 Å². The van der Waals surface area contributed by atoms with E-state index in [1.807, 2.05) is 42.1 Å². The molecule has 0 radical (unpaired) electrons. The minimum atomic E-state index is 0. The Morgan fingerprint density at radius 2 is 1.47 bits per heavy atom. The van der Waals surface area contributed by atoms with Gasteiger partial charge in [-0.05, 0) is 55.3 Å². The number of thioether (sulfide) groups is 1. The second-order valence-electron chi connectivity index (χ2n) is 7.26. The fraction of sp³-hybridized carbons (Fsp3) is 0.240. The zero-order valence-electron chi connectivity index (χ0n) is 16.9. The number of thiocarbonyl (C=S) groups is 1. The predicted molar refractivity (Wildman–Crippen MR) is 137 cm³/mol. The summed E-state index contributed by atoms with van der Waals surface area (Å²) in [5.74, 6) is 1.12. The fourth-order valence-electron chi connectivity index (χ4n) is 3.74. The second-order valence-corrected chi connectivity index (χ2v) is 8.80. The first-order valence-corrected chi connectivity index (χ1v) is 11.6. The third-order valence-corrected chi connectivity index (χ3v) is 6.62. The first kappa shape index (κ1) is 22.8. The summed E-state index contributed by atoms with van der Waals surface area (Å²) < 4.78 is 0. The van der Waals surface area contributed by atoms with E-state index in [-0.39, 0.29) is 12.4 Å². The van der Waals surface area contributed by atoms with Crippen molar-refractivity contribution < 1.29 is 0 Å². The van der Waals surface area contributed by atoms with Gasteiger partial charge in [-0.3, -0.25) is 0 Å². The number of likely N-dealkylation sites (tertiary alicyclic amines) is 1. The van der Waals surface area contributed by atoms with Crippen LogP contribution < -0.4 is 5.32 Å². The Labute approximate surface area is 195 Å². The van der Waals surface area contributed by atoms with Gasteiger partial charge in [0, 0.05) is 28.4 Å². The Morgan fingerprint density at radius 3 is 2.23 bits per heavy atom. The lowest BCUT2D eigenvalue weighted by molar-refractivity contribution is 0.362. The molecule has 0 amide bonds. The monoisotopic (exact) mass is 454 g/mol. The van der Waals surface area contributed by atoms with Gasteiger partial charge < -0.3 is 10.2 Å². The standard InChI is InChI=1S/C25H26N2S2.ClH/c28-25(26-20-10-2-1-3-11-20)23-14-5-4-12-21(23)22-13-6-7-15-24(22)29-19-18-27-16-8-9-17-27;/h1-7,10-15H,8-9,16-19H2,(H,26,28);1H. The smallest absolute Gasteiger partial charge is 0.111 e. The van der Waals surface area contributed by atoms with Gasteiger partial charge in [0.05, 0.1) is 0 Å². The molecule has 30 heavy (non-hydrogen) atoms. The van der Waals surface area contributed by atoms with Crippen LogP contribution in [0.2, 0.25) is 0 Å². The number of para-hydroxylation sites is 1. The van der Waals surface area contributed by atoms with Crippen LogP contribution in [0.25, 0.3) is 11.1 Å². The molecule has 0 saturated carbocycles. The molecule has 5 heteroatoms. The van der Waals surface area contributed by atoms with Crippen LogP contribution in [0.5, 0.6) is 0 Å². The van der Waals surface area contributed by atoms with Crippen LogP contribution >= 0.6 is 36.4 Å². The van der Waals surface area contributed by atoms with E-state index in [4.69, 9.17) is 12.2 Å². The highest BCUT2D eigenvalue weighted by molar-refractivity contribution is 7.99. The summed E-state index contributed by atoms with van der Waals surface area (Å²) in [4.78, 5) is 4.65. The summed E-state index contributed by atoms with van der Waals surface area (Å²) >= 11 is 7.72. The van der Waals surface area contributed by atoms with E-state index in [2.05, 4.69) is 58.7 Å². The summed E-state index contributed by atoms with van der Waals surface area (Å²) in [7, 11) is 0. The minimum Gasteiger partial charge on any atom is -0.346 e. The third kappa shape index (κ3) is 5.86. The zero-order valence-corrected chi connectivity index (χ0v) is 19.4. The molecule has 1 saturated heterocycles. The molecule has 4 rings (SSSR count). The topological polar surface area (TPSA) is 15.3 Å². The van der Waals surface area contributed by atoms with E-state index in [0.717, 1.165) is 28.5 Å². The van der Waals surface area contributed by atoms with Gasteiger partial charge in [-0.15, -0.1) is 24.2 Å². The number of halogens is 1. The first-order valence-electron chi connectivity index (χ1n) is 10.2. The van der Waals surface area contributed by atoms with Gasteiger partial charge in [-0.1, -0.05) is 72.9 Å². The van der Waals surface area contributed by atoms with Crippen molar-refractivity contribution in [1.29, 1.82) is 0 Å². The van der Waals surface area contributed by atoms with Gasteiger partial charge in [-0.25, -0.2) is 0 Å². The summed E-state index contributed by atoms with van der Waals surface area (Å²) in [6.45, 7) is 3.67. The fourth-order valence-corrected chi connectivity index (χ4v) is 5.12. The molecule has 0 spiro atoms. The Balaban J connectivity index is 0.00000256. The average molecular weight is 455 g/mol. The Bertz CT molecular complexity index is 956. The maximum absolute atomic E-state index is 5.77. The third-order valence-electron chi connectivity index (χ3n) is 5.24. The van der Waals surface area contributed by atoms with E-state index in [1.54, 1.807) is 0 Å². The molecular formula is C25H27ClN2S2. The lowest BCUT2D eigenvalue weighted by Crippen LogP contribution is -2.21. The molecule has 1 fully saturated rings. The molecule has 0 aromatic heterocycles. The summed E-state index contributed by atoms with van der Waals surface area (Å²) in [5.41, 5.74) is 4.52. The van der Waals surface area contributed by atoms with Crippen molar-refractivity contribution >= 4 is 47.1 Å². The van der Waals surface area contributed by atoms with E-state index >= 15 is 0 Å². The van der Waals surface area contributed by atoms with Gasteiger partial charge in [0.15, 0.2) is 0 Å². The minimum absolute atomic E-state index is 0. The zero-order chi connectivity index (χ0) is 19.9. The van der Waals surface area contributed by atoms with Crippen molar-refractivity contribution in [3.05, 3.63) is 84.4 Å². The van der Waals surface area contributed by atoms with Crippen molar-refractivity contribution in [3.63, 3.8) is 0 Å². The van der Waals surface area contributed by atoms with Gasteiger partial charge >= 0.3 is 0 Å². The molecule has 0 bridgehead atoms. The van der Waals surface area contributed by atoms with Crippen LogP contribution in [0, 0.1) is 0 Å². The number of nitrogens with one attached hydrogen (secondary N) is 1. The molecule has 2 nitrogen and oxygen atoms in total. The van der Waals surface area contributed by atoms with Crippen LogP contribution in [0.15, 0.2) is 83.8 Å². The Morgan fingerprint density at radius 1 is 0.833 bits per heavy atom. The number of anilines is 1. The summed E-state index contributed by atoms with van der Waals surface area (Å²) in [6.07, 6.45) is 2.70. The highest BCUT2D eigenvalue weighted by atomic mass is 35.5. The highest BCUT2D eigenvalue weighted by Crippen LogP contribution is 2.34. The van der Waals surface area contributed by atoms with Crippen molar-refractivity contribution in [2.24, 2.45) is 0 Å². The van der Waals surface area contributed by atoms with Crippen molar-refractivity contribution in [2.45, 2.75) is 17.7 Å². The molecule has 3 aromatic rings. The van der Waals surface area contributed by atoms with Crippen LogP contribution in [-0.2, 0) is 0 Å². The maximum Gasteiger partial charge on any atom is 0.111 e. The molecule has 1 heterocycles. The largest absolute Gasteiger partial charge is 0.346 e. The molecule has 0 aliphatic carbocycles. The van der Waals surface area contributed by atoms with E-state index in [0.29, 0.717) is 0 Å². The molecule has 1 aliphatic rings. The SMILES string of the molecule is Cl.S=C(Nc1ccccc1)c1ccccc1-c1ccccc1SCCN1CCCC1. The van der Waals surface area contributed by atoms with Crippen molar-refractivity contribution in [2.75, 3.05) is 30.7 Å². The second kappa shape index (κ2) is 11.5. The number of benzene rings is 3. The number of hydrogen-bond donors (Lipinski definition) is 1. The van der Waals surface area contributed by atoms with E-state index in [1.165, 1.54) is 42.0 Å². The number of hydrogen-bond acceptors (Lipinski definition) is 3. The van der Waals surface area contributed by atoms with Crippen molar-refractivity contribution in [1.82, 2.24) is 4.90 Å². The first-order chi connectivity index (χ1) is 14.3. The molecule has 0 atom stereocenters. The van der Waals surface area contributed by atoms with Gasteiger partial charge in [-0.2, -0.15) is 0 Å². The van der Waals surface area contributed by atoms with Crippen LogP contribution in [0.3, 0.4) is 0 Å². The molecule has 156 valence electrons. The van der Waals surface area contributed by atoms with Crippen LogP contribution in [0.1, 0.15) is 18.4 Å². The maximum atomic E-state index is 5.77. The normalized spacial score (nSPS) is 13.6. The summed E-state index contributed by atoms with van der Waals surface area (Å²) in [6, 6.07) is 27.2. The lowest BCUT2D eigenvalue weighted by Gasteiger charge is -2.17. The van der Waals surface area contributed by atoms with E-state index in [9.17, 15) is 0 Å². The molecule has 1 aliphatic heterocycles. The lowest BCUT2D eigenvalue weighted by atomic mass is 9.99. The van der Waals surface area contributed by atoms with Crippen molar-refractivity contribution in [3.8, 4) is 11.1 Å². The number of rotatable bonds is 7. The Kier molecular flexibility index (Phi) is 8.76. The molecule has 3 aromatic carbocycles. The molecular weight excluding hydrogens is 428 g/mol. The van der Waals surface area contributed by atoms with Gasteiger partial charge in [0.25, 0.3) is 0 Å². The summed E-state index contributed by atoms with van der Waals surface area (Å²) in [5, 5.41) is 3.39. The predicted octanol–water partition coefficient (Wildman–Crippen LogP) is 6.75. The quantitative estimate of drug-likeness (QED) is 0.313. The highest BCUT2D eigenvalue weighted by Gasteiger charge is 2.14. The average Bonchev–Trinajstić information content (AvgIpc) is 3.28. The van der Waals surface area contributed by atoms with Gasteiger partial charge in [0.1, 0.15) is 4.99 Å². The van der Waals surface area contributed by atoms with E-state index < -0.39 is 0 Å². The van der Waals surface area contributed by atoms with Gasteiger partial charge in [0.2, 0.25) is 0 Å². The molecule has 1 N–H and O–H groups in total. The Hall–Kier alpha value is -1.85. The molecule has 0 unspecified atom stereocenters. The number of nitrogens with zero attached hydrogens (tertiary/aromatic N) is 1. The van der Waals surface area contributed by atoms with Crippen LogP contribution in [0.4, 0.5) is 5.69 Å².